The predicted molar refractivity (Wildman–Crippen MR) is 65.7 cm³/mol. The maximum absolute atomic E-state index is 11.8. The highest BCUT2D eigenvalue weighted by Crippen LogP contribution is 2.19. The third kappa shape index (κ3) is 3.56. The second-order valence-electron chi connectivity index (χ2n) is 3.93. The first-order valence-electron chi connectivity index (χ1n) is 5.70. The van der Waals surface area contributed by atoms with Gasteiger partial charge < -0.3 is 15.2 Å². The minimum absolute atomic E-state index is 0.254. The fourth-order valence-electron chi connectivity index (χ4n) is 1.43. The maximum atomic E-state index is 11.8. The number of aliphatic hydroxyl groups is 1. The molecule has 1 aromatic carbocycles. The summed E-state index contributed by atoms with van der Waals surface area (Å²) in [6.45, 7) is 3.06. The number of hydrogen-bond donors (Lipinski definition) is 2. The van der Waals surface area contributed by atoms with Crippen molar-refractivity contribution in [2.75, 3.05) is 13.2 Å². The smallest absolute Gasteiger partial charge is 0.325 e. The van der Waals surface area contributed by atoms with E-state index in [1.807, 2.05) is 0 Å². The SMILES string of the molecule is CCOC(=O)CNC(=O)C(C)(O)c1ccccc1. The van der Waals surface area contributed by atoms with Crippen LogP contribution in [0, 0.1) is 0 Å². The third-order valence-electron chi connectivity index (χ3n) is 2.48. The van der Waals surface area contributed by atoms with Crippen LogP contribution in [-0.4, -0.2) is 30.1 Å². The highest BCUT2D eigenvalue weighted by atomic mass is 16.5. The van der Waals surface area contributed by atoms with Gasteiger partial charge in [-0.1, -0.05) is 30.3 Å². The molecular weight excluding hydrogens is 234 g/mol. The monoisotopic (exact) mass is 251 g/mol. The number of nitrogens with one attached hydrogen (secondary N) is 1. The van der Waals surface area contributed by atoms with Crippen LogP contribution in [0.1, 0.15) is 19.4 Å². The number of rotatable bonds is 5. The number of amides is 1. The molecule has 0 aliphatic rings. The van der Waals surface area contributed by atoms with Crippen LogP contribution in [0.3, 0.4) is 0 Å². The van der Waals surface area contributed by atoms with Gasteiger partial charge in [-0.2, -0.15) is 0 Å². The number of esters is 1. The number of carbonyl (C=O) groups excluding carboxylic acids is 2. The first-order valence-corrected chi connectivity index (χ1v) is 5.70. The van der Waals surface area contributed by atoms with E-state index >= 15 is 0 Å². The van der Waals surface area contributed by atoms with Crippen LogP contribution in [0.25, 0.3) is 0 Å². The standard InChI is InChI=1S/C13H17NO4/c1-3-18-11(15)9-14-12(16)13(2,17)10-7-5-4-6-8-10/h4-8,17H,3,9H2,1-2H3,(H,14,16). The lowest BCUT2D eigenvalue weighted by atomic mass is 9.95. The summed E-state index contributed by atoms with van der Waals surface area (Å²) in [7, 11) is 0. The van der Waals surface area contributed by atoms with Crippen LogP contribution in [0.2, 0.25) is 0 Å². The van der Waals surface area contributed by atoms with Gasteiger partial charge in [0.05, 0.1) is 6.61 Å². The molecule has 18 heavy (non-hydrogen) atoms. The minimum Gasteiger partial charge on any atom is -0.465 e. The molecule has 0 saturated carbocycles. The zero-order valence-corrected chi connectivity index (χ0v) is 10.5. The third-order valence-corrected chi connectivity index (χ3v) is 2.48. The van der Waals surface area contributed by atoms with E-state index in [1.54, 1.807) is 37.3 Å². The Morgan fingerprint density at radius 3 is 2.50 bits per heavy atom. The number of ether oxygens (including phenoxy) is 1. The second-order valence-corrected chi connectivity index (χ2v) is 3.93. The number of benzene rings is 1. The minimum atomic E-state index is -1.67. The fourth-order valence-corrected chi connectivity index (χ4v) is 1.43. The summed E-state index contributed by atoms with van der Waals surface area (Å²) in [6, 6.07) is 8.52. The Balaban J connectivity index is 2.63. The lowest BCUT2D eigenvalue weighted by Crippen LogP contribution is -2.44. The highest BCUT2D eigenvalue weighted by Gasteiger charge is 2.32. The summed E-state index contributed by atoms with van der Waals surface area (Å²) in [5.74, 6) is -1.17. The zero-order valence-electron chi connectivity index (χ0n) is 10.5. The summed E-state index contributed by atoms with van der Waals surface area (Å²) in [5, 5.41) is 12.5. The van der Waals surface area contributed by atoms with E-state index in [-0.39, 0.29) is 13.2 Å². The summed E-state index contributed by atoms with van der Waals surface area (Å²) >= 11 is 0. The van der Waals surface area contributed by atoms with Crippen molar-refractivity contribution in [3.05, 3.63) is 35.9 Å². The predicted octanol–water partition coefficient (Wildman–Crippen LogP) is 0.573. The van der Waals surface area contributed by atoms with Gasteiger partial charge in [0, 0.05) is 0 Å². The first kappa shape index (κ1) is 14.2. The van der Waals surface area contributed by atoms with E-state index in [0.29, 0.717) is 5.56 Å². The Bertz CT molecular complexity index is 414. The molecule has 1 atom stereocenters. The highest BCUT2D eigenvalue weighted by molar-refractivity contribution is 5.88. The molecule has 0 fully saturated rings. The van der Waals surface area contributed by atoms with Crippen molar-refractivity contribution < 1.29 is 19.4 Å². The molecule has 0 aliphatic heterocycles. The molecule has 2 N–H and O–H groups in total. The van der Waals surface area contributed by atoms with Crippen molar-refractivity contribution in [1.29, 1.82) is 0 Å². The average molecular weight is 251 g/mol. The molecule has 0 radical (unpaired) electrons. The van der Waals surface area contributed by atoms with E-state index in [0.717, 1.165) is 0 Å². The van der Waals surface area contributed by atoms with Crippen LogP contribution in [0.4, 0.5) is 0 Å². The summed E-state index contributed by atoms with van der Waals surface area (Å²) in [6.07, 6.45) is 0. The largest absolute Gasteiger partial charge is 0.465 e. The van der Waals surface area contributed by atoms with Crippen molar-refractivity contribution >= 4 is 11.9 Å². The molecule has 5 nitrogen and oxygen atoms in total. The summed E-state index contributed by atoms with van der Waals surface area (Å²) in [4.78, 5) is 22.9. The van der Waals surface area contributed by atoms with E-state index < -0.39 is 17.5 Å². The van der Waals surface area contributed by atoms with Gasteiger partial charge in [0.1, 0.15) is 6.54 Å². The molecule has 0 saturated heterocycles. The van der Waals surface area contributed by atoms with Crippen molar-refractivity contribution in [3.63, 3.8) is 0 Å². The molecule has 5 heteroatoms. The van der Waals surface area contributed by atoms with E-state index in [1.165, 1.54) is 6.92 Å². The Labute approximate surface area is 106 Å². The van der Waals surface area contributed by atoms with Crippen LogP contribution in [0.15, 0.2) is 30.3 Å². The molecule has 0 bridgehead atoms. The van der Waals surface area contributed by atoms with E-state index in [4.69, 9.17) is 0 Å². The van der Waals surface area contributed by atoms with E-state index in [2.05, 4.69) is 10.1 Å². The van der Waals surface area contributed by atoms with Crippen LogP contribution >= 0.6 is 0 Å². The Kier molecular flexibility index (Phi) is 4.85. The van der Waals surface area contributed by atoms with Gasteiger partial charge in [-0.3, -0.25) is 9.59 Å². The quantitative estimate of drug-likeness (QED) is 0.750. The maximum Gasteiger partial charge on any atom is 0.325 e. The van der Waals surface area contributed by atoms with Crippen molar-refractivity contribution in [1.82, 2.24) is 5.32 Å². The second kappa shape index (κ2) is 6.16. The van der Waals surface area contributed by atoms with Crippen LogP contribution in [0.5, 0.6) is 0 Å². The Morgan fingerprint density at radius 2 is 1.94 bits per heavy atom. The molecule has 1 amide bonds. The molecular formula is C13H17NO4. The van der Waals surface area contributed by atoms with Crippen LogP contribution < -0.4 is 5.32 Å². The normalized spacial score (nSPS) is 13.5. The lowest BCUT2D eigenvalue weighted by molar-refractivity contribution is -0.147. The Morgan fingerprint density at radius 1 is 1.33 bits per heavy atom. The molecule has 1 unspecified atom stereocenters. The van der Waals surface area contributed by atoms with Gasteiger partial charge >= 0.3 is 5.97 Å². The van der Waals surface area contributed by atoms with Gasteiger partial charge in [0.25, 0.3) is 5.91 Å². The van der Waals surface area contributed by atoms with Crippen LogP contribution in [-0.2, 0) is 19.9 Å². The molecule has 0 spiro atoms. The van der Waals surface area contributed by atoms with Crippen molar-refractivity contribution in [3.8, 4) is 0 Å². The molecule has 1 aromatic rings. The average Bonchev–Trinajstić information content (AvgIpc) is 2.37. The molecule has 0 heterocycles. The molecule has 98 valence electrons. The number of hydrogen-bond acceptors (Lipinski definition) is 4. The molecule has 0 aliphatic carbocycles. The van der Waals surface area contributed by atoms with Crippen molar-refractivity contribution in [2.24, 2.45) is 0 Å². The van der Waals surface area contributed by atoms with Gasteiger partial charge in [-0.25, -0.2) is 0 Å². The lowest BCUT2D eigenvalue weighted by Gasteiger charge is -2.22. The summed E-state index contributed by atoms with van der Waals surface area (Å²) in [5.41, 5.74) is -1.21. The van der Waals surface area contributed by atoms with Gasteiger partial charge in [-0.15, -0.1) is 0 Å². The molecule has 0 aromatic heterocycles. The van der Waals surface area contributed by atoms with Gasteiger partial charge in [-0.05, 0) is 19.4 Å². The Hall–Kier alpha value is -1.88. The number of carbonyl (C=O) groups is 2. The van der Waals surface area contributed by atoms with E-state index in [9.17, 15) is 14.7 Å². The van der Waals surface area contributed by atoms with Gasteiger partial charge in [0.2, 0.25) is 0 Å². The first-order chi connectivity index (χ1) is 8.48. The molecule has 1 rings (SSSR count). The summed E-state index contributed by atoms with van der Waals surface area (Å²) < 4.78 is 4.68. The zero-order chi connectivity index (χ0) is 13.6. The van der Waals surface area contributed by atoms with Crippen molar-refractivity contribution in [2.45, 2.75) is 19.4 Å². The fraction of sp³-hybridized carbons (Fsp3) is 0.385. The van der Waals surface area contributed by atoms with Gasteiger partial charge in [0.15, 0.2) is 5.60 Å². The topological polar surface area (TPSA) is 75.6 Å².